The van der Waals surface area contributed by atoms with Gasteiger partial charge in [0.2, 0.25) is 0 Å². The Kier molecular flexibility index (Phi) is 3.76. The predicted molar refractivity (Wildman–Crippen MR) is 70.4 cm³/mol. The highest BCUT2D eigenvalue weighted by molar-refractivity contribution is 7.09. The number of benzene rings is 1. The lowest BCUT2D eigenvalue weighted by Crippen LogP contribution is -2.12. The zero-order valence-corrected chi connectivity index (χ0v) is 10.8. The van der Waals surface area contributed by atoms with Gasteiger partial charge in [-0.2, -0.15) is 0 Å². The molecule has 2 N–H and O–H groups in total. The molecule has 4 heteroatoms. The highest BCUT2D eigenvalue weighted by Crippen LogP contribution is 2.24. The van der Waals surface area contributed by atoms with Crippen molar-refractivity contribution in [2.24, 2.45) is 5.73 Å². The van der Waals surface area contributed by atoms with Crippen molar-refractivity contribution in [2.45, 2.75) is 26.0 Å². The smallest absolute Gasteiger partial charge is 0.120 e. The summed E-state index contributed by atoms with van der Waals surface area (Å²) < 4.78 is 5.65. The molecule has 1 aromatic heterocycles. The summed E-state index contributed by atoms with van der Waals surface area (Å²) in [6.45, 7) is 4.01. The Morgan fingerprint density at radius 3 is 2.82 bits per heavy atom. The van der Waals surface area contributed by atoms with Crippen LogP contribution in [0.25, 0.3) is 0 Å². The molecule has 1 heterocycles. The minimum absolute atomic E-state index is 0.168. The van der Waals surface area contributed by atoms with Crippen molar-refractivity contribution in [1.29, 1.82) is 0 Å². The van der Waals surface area contributed by atoms with Gasteiger partial charge in [-0.05, 0) is 31.5 Å². The van der Waals surface area contributed by atoms with Crippen LogP contribution >= 0.6 is 11.3 Å². The normalized spacial score (nSPS) is 12.7. The first kappa shape index (κ1) is 12.1. The first-order chi connectivity index (χ1) is 8.16. The fraction of sp³-hybridized carbons (Fsp3) is 0.308. The van der Waals surface area contributed by atoms with Crippen LogP contribution in [0.5, 0.6) is 5.75 Å². The highest BCUT2D eigenvalue weighted by Gasteiger charge is 2.12. The lowest BCUT2D eigenvalue weighted by Gasteiger charge is -2.13. The zero-order valence-electron chi connectivity index (χ0n) is 9.96. The number of nitrogens with zero attached hydrogens (tertiary/aromatic N) is 1. The van der Waals surface area contributed by atoms with Gasteiger partial charge >= 0.3 is 0 Å². The maximum Gasteiger partial charge on any atom is 0.120 e. The molecule has 1 atom stereocenters. The van der Waals surface area contributed by atoms with Gasteiger partial charge in [0.15, 0.2) is 0 Å². The zero-order chi connectivity index (χ0) is 12.3. The van der Waals surface area contributed by atoms with Crippen molar-refractivity contribution in [3.63, 3.8) is 0 Å². The van der Waals surface area contributed by atoms with Gasteiger partial charge in [0.05, 0.1) is 12.1 Å². The molecule has 0 saturated heterocycles. The molecule has 0 fully saturated rings. The van der Waals surface area contributed by atoms with E-state index in [-0.39, 0.29) is 12.1 Å². The molecule has 0 bridgehead atoms. The molecule has 0 saturated carbocycles. The van der Waals surface area contributed by atoms with Crippen LogP contribution in [0, 0.1) is 0 Å². The third kappa shape index (κ3) is 3.05. The second-order valence-electron chi connectivity index (χ2n) is 4.09. The van der Waals surface area contributed by atoms with E-state index >= 15 is 0 Å². The lowest BCUT2D eigenvalue weighted by atomic mass is 10.1. The van der Waals surface area contributed by atoms with Gasteiger partial charge < -0.3 is 10.5 Å². The fourth-order valence-electron chi connectivity index (χ4n) is 1.58. The molecule has 17 heavy (non-hydrogen) atoms. The molecule has 1 aromatic carbocycles. The average molecular weight is 248 g/mol. The molecule has 3 nitrogen and oxygen atoms in total. The molecule has 0 aliphatic rings. The molecular formula is C13H16N2OS. The average Bonchev–Trinajstić information content (AvgIpc) is 2.81. The maximum absolute atomic E-state index is 6.15. The van der Waals surface area contributed by atoms with E-state index in [1.807, 2.05) is 43.5 Å². The molecule has 0 radical (unpaired) electrons. The van der Waals surface area contributed by atoms with E-state index < -0.39 is 0 Å². The van der Waals surface area contributed by atoms with Crippen LogP contribution < -0.4 is 10.5 Å². The van der Waals surface area contributed by atoms with Gasteiger partial charge in [-0.15, -0.1) is 11.3 Å². The first-order valence-electron chi connectivity index (χ1n) is 5.58. The van der Waals surface area contributed by atoms with Gasteiger partial charge in [-0.3, -0.25) is 0 Å². The SMILES string of the molecule is CC(C)Oc1cccc(C(N)c2nccs2)c1. The van der Waals surface area contributed by atoms with E-state index in [2.05, 4.69) is 4.98 Å². The predicted octanol–water partition coefficient (Wildman–Crippen LogP) is 2.98. The number of nitrogens with two attached hydrogens (primary N) is 1. The molecule has 0 aliphatic heterocycles. The Bertz CT molecular complexity index is 468. The largest absolute Gasteiger partial charge is 0.491 e. The van der Waals surface area contributed by atoms with E-state index in [4.69, 9.17) is 10.5 Å². The first-order valence-corrected chi connectivity index (χ1v) is 6.46. The van der Waals surface area contributed by atoms with Crippen molar-refractivity contribution in [2.75, 3.05) is 0 Å². The Hall–Kier alpha value is -1.39. The van der Waals surface area contributed by atoms with Gasteiger partial charge in [0.1, 0.15) is 10.8 Å². The number of aromatic nitrogens is 1. The second kappa shape index (κ2) is 5.29. The van der Waals surface area contributed by atoms with Crippen molar-refractivity contribution >= 4 is 11.3 Å². The summed E-state index contributed by atoms with van der Waals surface area (Å²) in [6, 6.07) is 7.70. The van der Waals surface area contributed by atoms with E-state index in [0.29, 0.717) is 0 Å². The van der Waals surface area contributed by atoms with Crippen molar-refractivity contribution in [3.8, 4) is 5.75 Å². The van der Waals surface area contributed by atoms with Crippen LogP contribution in [0.15, 0.2) is 35.8 Å². The number of hydrogen-bond acceptors (Lipinski definition) is 4. The molecule has 0 amide bonds. The van der Waals surface area contributed by atoms with Gasteiger partial charge in [-0.25, -0.2) is 4.98 Å². The van der Waals surface area contributed by atoms with E-state index in [9.17, 15) is 0 Å². The van der Waals surface area contributed by atoms with Crippen LogP contribution in [-0.4, -0.2) is 11.1 Å². The quantitative estimate of drug-likeness (QED) is 0.905. The molecule has 0 spiro atoms. The minimum Gasteiger partial charge on any atom is -0.491 e. The summed E-state index contributed by atoms with van der Waals surface area (Å²) in [7, 11) is 0. The summed E-state index contributed by atoms with van der Waals surface area (Å²) >= 11 is 1.57. The maximum atomic E-state index is 6.15. The topological polar surface area (TPSA) is 48.1 Å². The van der Waals surface area contributed by atoms with Gasteiger partial charge in [-0.1, -0.05) is 12.1 Å². The molecule has 0 aliphatic carbocycles. The summed E-state index contributed by atoms with van der Waals surface area (Å²) in [5.41, 5.74) is 7.18. The summed E-state index contributed by atoms with van der Waals surface area (Å²) in [6.07, 6.45) is 1.94. The molecule has 1 unspecified atom stereocenters. The second-order valence-corrected chi connectivity index (χ2v) is 5.01. The summed E-state index contributed by atoms with van der Waals surface area (Å²) in [5, 5.41) is 2.86. The minimum atomic E-state index is -0.175. The number of thiazole rings is 1. The third-order valence-electron chi connectivity index (χ3n) is 2.31. The Balaban J connectivity index is 2.21. The fourth-order valence-corrected chi connectivity index (χ4v) is 2.25. The molecule has 2 rings (SSSR count). The van der Waals surface area contributed by atoms with Crippen LogP contribution in [0.3, 0.4) is 0 Å². The van der Waals surface area contributed by atoms with Crippen LogP contribution in [0.4, 0.5) is 0 Å². The summed E-state index contributed by atoms with van der Waals surface area (Å²) in [4.78, 5) is 4.24. The van der Waals surface area contributed by atoms with Crippen molar-refractivity contribution in [1.82, 2.24) is 4.98 Å². The monoisotopic (exact) mass is 248 g/mol. The highest BCUT2D eigenvalue weighted by atomic mass is 32.1. The Labute approximate surface area is 105 Å². The number of ether oxygens (including phenoxy) is 1. The van der Waals surface area contributed by atoms with Crippen molar-refractivity contribution in [3.05, 3.63) is 46.4 Å². The van der Waals surface area contributed by atoms with Gasteiger partial charge in [0.25, 0.3) is 0 Å². The molecule has 90 valence electrons. The van der Waals surface area contributed by atoms with E-state index in [0.717, 1.165) is 16.3 Å². The summed E-state index contributed by atoms with van der Waals surface area (Å²) in [5.74, 6) is 0.851. The van der Waals surface area contributed by atoms with Crippen LogP contribution in [0.1, 0.15) is 30.5 Å². The van der Waals surface area contributed by atoms with Gasteiger partial charge in [0, 0.05) is 11.6 Å². The lowest BCUT2D eigenvalue weighted by molar-refractivity contribution is 0.242. The Morgan fingerprint density at radius 2 is 2.18 bits per heavy atom. The van der Waals surface area contributed by atoms with E-state index in [1.54, 1.807) is 17.5 Å². The Morgan fingerprint density at radius 1 is 1.35 bits per heavy atom. The molecule has 2 aromatic rings. The van der Waals surface area contributed by atoms with Crippen LogP contribution in [-0.2, 0) is 0 Å². The third-order valence-corrected chi connectivity index (χ3v) is 3.17. The standard InChI is InChI=1S/C13H16N2OS/c1-9(2)16-11-5-3-4-10(8-11)12(14)13-15-6-7-17-13/h3-9,12H,14H2,1-2H3. The molecular weight excluding hydrogens is 232 g/mol. The number of hydrogen-bond donors (Lipinski definition) is 1. The van der Waals surface area contributed by atoms with Crippen LogP contribution in [0.2, 0.25) is 0 Å². The number of rotatable bonds is 4. The van der Waals surface area contributed by atoms with Crippen molar-refractivity contribution < 1.29 is 4.74 Å². The van der Waals surface area contributed by atoms with E-state index in [1.165, 1.54) is 0 Å².